The first-order valence-electron chi connectivity index (χ1n) is 7.57. The van der Waals surface area contributed by atoms with E-state index in [4.69, 9.17) is 11.6 Å². The highest BCUT2D eigenvalue weighted by atomic mass is 35.5. The molecule has 0 bridgehead atoms. The lowest BCUT2D eigenvalue weighted by atomic mass is 9.81. The van der Waals surface area contributed by atoms with Crippen molar-refractivity contribution in [1.29, 1.82) is 0 Å². The molecule has 0 unspecified atom stereocenters. The van der Waals surface area contributed by atoms with Gasteiger partial charge in [-0.05, 0) is 36.6 Å². The average Bonchev–Trinajstić information content (AvgIpc) is 2.60. The number of halogens is 4. The molecule has 1 aliphatic rings. The number of nitrogens with one attached hydrogen (secondary N) is 1. The number of rotatable bonds is 3. The largest absolute Gasteiger partial charge is 0.387 e. The zero-order valence-electron chi connectivity index (χ0n) is 12.9. The molecule has 1 aliphatic carbocycles. The molecule has 2 aromatic rings. The number of aromatic nitrogens is 1. The van der Waals surface area contributed by atoms with Crippen molar-refractivity contribution in [3.8, 4) is 0 Å². The molecule has 25 heavy (non-hydrogen) atoms. The van der Waals surface area contributed by atoms with Gasteiger partial charge in [0.15, 0.2) is 11.6 Å². The number of pyridine rings is 1. The maximum Gasteiger partial charge on any atom is 0.262 e. The van der Waals surface area contributed by atoms with Crippen molar-refractivity contribution >= 4 is 17.5 Å². The van der Waals surface area contributed by atoms with Crippen molar-refractivity contribution in [2.45, 2.75) is 31.2 Å². The fourth-order valence-corrected chi connectivity index (χ4v) is 3.09. The van der Waals surface area contributed by atoms with Gasteiger partial charge in [0.05, 0.1) is 11.8 Å². The fourth-order valence-electron chi connectivity index (χ4n) is 2.88. The first kappa shape index (κ1) is 17.7. The highest BCUT2D eigenvalue weighted by Crippen LogP contribution is 2.42. The van der Waals surface area contributed by atoms with Gasteiger partial charge >= 0.3 is 0 Å². The Bertz CT molecular complexity index is 834. The molecule has 3 rings (SSSR count). The molecule has 0 spiro atoms. The third-order valence-electron chi connectivity index (χ3n) is 4.23. The molecule has 2 atom stereocenters. The van der Waals surface area contributed by atoms with Gasteiger partial charge in [-0.15, -0.1) is 0 Å². The Balaban J connectivity index is 1.82. The van der Waals surface area contributed by atoms with Crippen LogP contribution in [0.2, 0.25) is 5.02 Å². The molecule has 0 fully saturated rings. The molecular formula is C17H14ClF3N2O2. The van der Waals surface area contributed by atoms with E-state index in [1.54, 1.807) is 0 Å². The lowest BCUT2D eigenvalue weighted by Crippen LogP contribution is -2.44. The quantitative estimate of drug-likeness (QED) is 0.815. The summed E-state index contributed by atoms with van der Waals surface area (Å²) in [6, 6.07) is 4.52. The standard InChI is InChI=1S/C17H14ClF3N2O2/c18-11-7-13(20)12(19)6-9(11)8-23-16(25)17(21)4-3-14(24)15-10(17)2-1-5-22-15/h1-2,5-7,14,24H,3-4,8H2,(H,23,25)/t14-,17+/m1/s1. The summed E-state index contributed by atoms with van der Waals surface area (Å²) in [5.74, 6) is -3.17. The maximum absolute atomic E-state index is 15.3. The first-order valence-corrected chi connectivity index (χ1v) is 7.95. The molecule has 4 nitrogen and oxygen atoms in total. The lowest BCUT2D eigenvalue weighted by Gasteiger charge is -2.32. The Hall–Kier alpha value is -2.12. The molecule has 0 radical (unpaired) electrons. The summed E-state index contributed by atoms with van der Waals surface area (Å²) in [5.41, 5.74) is -2.12. The second-order valence-electron chi connectivity index (χ2n) is 5.83. The van der Waals surface area contributed by atoms with Crippen LogP contribution in [0.3, 0.4) is 0 Å². The van der Waals surface area contributed by atoms with Crippen LogP contribution in [0.5, 0.6) is 0 Å². The highest BCUT2D eigenvalue weighted by molar-refractivity contribution is 6.31. The number of fused-ring (bicyclic) bond motifs is 1. The average molecular weight is 371 g/mol. The number of aliphatic hydroxyl groups is 1. The zero-order chi connectivity index (χ0) is 18.2. The van der Waals surface area contributed by atoms with E-state index in [1.807, 2.05) is 0 Å². The number of hydrogen-bond acceptors (Lipinski definition) is 3. The summed E-state index contributed by atoms with van der Waals surface area (Å²) in [4.78, 5) is 16.4. The number of carbonyl (C=O) groups is 1. The summed E-state index contributed by atoms with van der Waals surface area (Å²) in [5, 5.41) is 12.2. The predicted molar refractivity (Wildman–Crippen MR) is 84.4 cm³/mol. The number of carbonyl (C=O) groups excluding carboxylic acids is 1. The van der Waals surface area contributed by atoms with Crippen LogP contribution in [0.1, 0.15) is 35.8 Å². The monoisotopic (exact) mass is 370 g/mol. The third kappa shape index (κ3) is 3.21. The maximum atomic E-state index is 15.3. The Morgan fingerprint density at radius 2 is 2.12 bits per heavy atom. The van der Waals surface area contributed by atoms with Crippen LogP contribution in [0.25, 0.3) is 0 Å². The smallest absolute Gasteiger partial charge is 0.262 e. The highest BCUT2D eigenvalue weighted by Gasteiger charge is 2.46. The van der Waals surface area contributed by atoms with Gasteiger partial charge in [-0.3, -0.25) is 9.78 Å². The predicted octanol–water partition coefficient (Wildman–Crippen LogP) is 3.32. The molecule has 1 amide bonds. The zero-order valence-corrected chi connectivity index (χ0v) is 13.7. The van der Waals surface area contributed by atoms with Gasteiger partial charge < -0.3 is 10.4 Å². The van der Waals surface area contributed by atoms with Crippen molar-refractivity contribution < 1.29 is 23.1 Å². The van der Waals surface area contributed by atoms with Gasteiger partial charge in [-0.2, -0.15) is 0 Å². The fraction of sp³-hybridized carbons (Fsp3) is 0.294. The molecule has 132 valence electrons. The van der Waals surface area contributed by atoms with Crippen molar-refractivity contribution in [3.63, 3.8) is 0 Å². The number of nitrogens with zero attached hydrogens (tertiary/aromatic N) is 1. The second kappa shape index (κ2) is 6.65. The van der Waals surface area contributed by atoms with E-state index in [1.165, 1.54) is 18.3 Å². The van der Waals surface area contributed by atoms with Crippen LogP contribution in [-0.2, 0) is 17.0 Å². The van der Waals surface area contributed by atoms with Crippen molar-refractivity contribution in [3.05, 3.63) is 63.9 Å². The van der Waals surface area contributed by atoms with Gasteiger partial charge in [0, 0.05) is 23.3 Å². The molecule has 0 aliphatic heterocycles. The number of amides is 1. The summed E-state index contributed by atoms with van der Waals surface area (Å²) < 4.78 is 41.7. The third-order valence-corrected chi connectivity index (χ3v) is 4.58. The molecule has 1 aromatic heterocycles. The van der Waals surface area contributed by atoms with Crippen LogP contribution in [0, 0.1) is 11.6 Å². The van der Waals surface area contributed by atoms with E-state index in [-0.39, 0.29) is 41.2 Å². The SMILES string of the molecule is O=C(NCc1cc(F)c(F)cc1Cl)[C@]1(F)CC[C@@H](O)c2ncccc21. The molecule has 2 N–H and O–H groups in total. The number of hydrogen-bond donors (Lipinski definition) is 2. The second-order valence-corrected chi connectivity index (χ2v) is 6.24. The Kier molecular flexibility index (Phi) is 4.71. The van der Waals surface area contributed by atoms with Gasteiger partial charge in [-0.25, -0.2) is 13.2 Å². The molecule has 8 heteroatoms. The molecule has 0 saturated carbocycles. The van der Waals surface area contributed by atoms with Crippen molar-refractivity contribution in [1.82, 2.24) is 10.3 Å². The topological polar surface area (TPSA) is 62.2 Å². The molecule has 0 saturated heterocycles. The van der Waals surface area contributed by atoms with Gasteiger partial charge in [0.25, 0.3) is 5.91 Å². The van der Waals surface area contributed by atoms with Crippen LogP contribution < -0.4 is 5.32 Å². The Morgan fingerprint density at radius 3 is 2.88 bits per heavy atom. The Morgan fingerprint density at radius 1 is 1.40 bits per heavy atom. The van der Waals surface area contributed by atoms with E-state index in [0.29, 0.717) is 0 Å². The molecule has 1 aromatic carbocycles. The molecular weight excluding hydrogens is 357 g/mol. The van der Waals surface area contributed by atoms with Crippen LogP contribution in [0.15, 0.2) is 30.5 Å². The van der Waals surface area contributed by atoms with E-state index in [9.17, 15) is 18.7 Å². The Labute approximate surface area is 146 Å². The van der Waals surface area contributed by atoms with Gasteiger partial charge in [0.1, 0.15) is 0 Å². The number of alkyl halides is 1. The van der Waals surface area contributed by atoms with Crippen LogP contribution in [0.4, 0.5) is 13.2 Å². The van der Waals surface area contributed by atoms with Crippen molar-refractivity contribution in [2.75, 3.05) is 0 Å². The minimum Gasteiger partial charge on any atom is -0.387 e. The van der Waals surface area contributed by atoms with Crippen LogP contribution in [-0.4, -0.2) is 16.0 Å². The minimum absolute atomic E-state index is 0.00244. The van der Waals surface area contributed by atoms with E-state index < -0.39 is 29.3 Å². The van der Waals surface area contributed by atoms with Crippen LogP contribution >= 0.6 is 11.6 Å². The molecule has 1 heterocycles. The van der Waals surface area contributed by atoms with Gasteiger partial charge in [-0.1, -0.05) is 17.7 Å². The van der Waals surface area contributed by atoms with E-state index in [2.05, 4.69) is 10.3 Å². The summed E-state index contributed by atoms with van der Waals surface area (Å²) in [7, 11) is 0. The van der Waals surface area contributed by atoms with Gasteiger partial charge in [0.2, 0.25) is 5.67 Å². The minimum atomic E-state index is -2.37. The van der Waals surface area contributed by atoms with E-state index in [0.717, 1.165) is 12.1 Å². The number of benzene rings is 1. The first-order chi connectivity index (χ1) is 11.8. The lowest BCUT2D eigenvalue weighted by molar-refractivity contribution is -0.135. The summed E-state index contributed by atoms with van der Waals surface area (Å²) >= 11 is 5.81. The number of aliphatic hydroxyl groups excluding tert-OH is 1. The summed E-state index contributed by atoms with van der Waals surface area (Å²) in [6.45, 7) is -0.265. The summed E-state index contributed by atoms with van der Waals surface area (Å²) in [6.07, 6.45) is 0.296. The van der Waals surface area contributed by atoms with E-state index >= 15 is 4.39 Å². The normalized spacial score (nSPS) is 22.4. The van der Waals surface area contributed by atoms with Crippen molar-refractivity contribution in [2.24, 2.45) is 0 Å².